The number of rotatable bonds is 3. The molecule has 126 valence electrons. The van der Waals surface area contributed by atoms with E-state index in [0.29, 0.717) is 34.9 Å². The Morgan fingerprint density at radius 1 is 1.38 bits per heavy atom. The lowest BCUT2D eigenvalue weighted by atomic mass is 10.1. The molecule has 1 aliphatic heterocycles. The number of sulfonamides is 1. The van der Waals surface area contributed by atoms with Crippen molar-refractivity contribution in [3.8, 4) is 0 Å². The van der Waals surface area contributed by atoms with Crippen molar-refractivity contribution in [3.05, 3.63) is 29.6 Å². The van der Waals surface area contributed by atoms with E-state index in [1.165, 1.54) is 12.3 Å². The van der Waals surface area contributed by atoms with Crippen molar-refractivity contribution in [2.45, 2.75) is 44.2 Å². The van der Waals surface area contributed by atoms with E-state index < -0.39 is 16.1 Å². The molecule has 4 rings (SSSR count). The van der Waals surface area contributed by atoms with Gasteiger partial charge in [-0.2, -0.15) is 5.10 Å². The van der Waals surface area contributed by atoms with Crippen molar-refractivity contribution < 1.29 is 12.9 Å². The van der Waals surface area contributed by atoms with Crippen LogP contribution in [0, 0.1) is 13.8 Å². The molecule has 0 bridgehead atoms. The molecule has 0 aromatic carbocycles. The minimum atomic E-state index is -3.74. The third kappa shape index (κ3) is 2.47. The van der Waals surface area contributed by atoms with Crippen LogP contribution < -0.4 is 4.72 Å². The van der Waals surface area contributed by atoms with E-state index >= 15 is 0 Å². The molecular formula is C14H16N6O3S. The molecule has 3 aromatic heterocycles. The molecule has 1 aliphatic rings. The first-order valence-corrected chi connectivity index (χ1v) is 9.08. The van der Waals surface area contributed by atoms with E-state index in [2.05, 4.69) is 24.9 Å². The molecule has 10 heteroatoms. The average molecular weight is 348 g/mol. The maximum absolute atomic E-state index is 12.7. The quantitative estimate of drug-likeness (QED) is 0.757. The zero-order valence-electron chi connectivity index (χ0n) is 13.2. The van der Waals surface area contributed by atoms with Crippen LogP contribution in [-0.2, 0) is 16.6 Å². The van der Waals surface area contributed by atoms with Gasteiger partial charge >= 0.3 is 0 Å². The fourth-order valence-electron chi connectivity index (χ4n) is 2.91. The highest BCUT2D eigenvalue weighted by atomic mass is 32.2. The fraction of sp³-hybridized carbons (Fsp3) is 0.429. The second-order valence-corrected chi connectivity index (χ2v) is 7.56. The molecule has 0 amide bonds. The van der Waals surface area contributed by atoms with E-state index in [9.17, 15) is 8.42 Å². The van der Waals surface area contributed by atoms with Gasteiger partial charge in [0.2, 0.25) is 10.0 Å². The number of hydrogen-bond donors (Lipinski definition) is 1. The molecule has 0 saturated carbocycles. The van der Waals surface area contributed by atoms with E-state index in [1.807, 2.05) is 0 Å². The summed E-state index contributed by atoms with van der Waals surface area (Å²) < 4.78 is 35.0. The molecule has 0 spiro atoms. The van der Waals surface area contributed by atoms with E-state index in [4.69, 9.17) is 4.52 Å². The van der Waals surface area contributed by atoms with Crippen molar-refractivity contribution in [1.82, 2.24) is 29.6 Å². The Labute approximate surface area is 138 Å². The molecule has 0 unspecified atom stereocenters. The molecular weight excluding hydrogens is 332 g/mol. The first kappa shape index (κ1) is 15.2. The SMILES string of the molecule is Cc1nc2n(n1)CCC[C@H]2NS(=O)(=O)c1cnc2onc(C)c2c1. The molecule has 0 aliphatic carbocycles. The molecule has 3 aromatic rings. The summed E-state index contributed by atoms with van der Waals surface area (Å²) in [6.07, 6.45) is 2.79. The number of nitrogens with zero attached hydrogens (tertiary/aromatic N) is 5. The summed E-state index contributed by atoms with van der Waals surface area (Å²) in [6.45, 7) is 4.29. The van der Waals surface area contributed by atoms with Crippen molar-refractivity contribution >= 4 is 21.1 Å². The van der Waals surface area contributed by atoms with Crippen molar-refractivity contribution in [2.24, 2.45) is 0 Å². The number of pyridine rings is 1. The third-order valence-electron chi connectivity index (χ3n) is 4.07. The predicted octanol–water partition coefficient (Wildman–Crippen LogP) is 1.24. The number of fused-ring (bicyclic) bond motifs is 2. The summed E-state index contributed by atoms with van der Waals surface area (Å²) in [5.74, 6) is 1.29. The highest BCUT2D eigenvalue weighted by Gasteiger charge is 2.29. The van der Waals surface area contributed by atoms with Crippen LogP contribution in [0.5, 0.6) is 0 Å². The topological polar surface area (TPSA) is 116 Å². The van der Waals surface area contributed by atoms with Gasteiger partial charge in [0.25, 0.3) is 5.71 Å². The zero-order chi connectivity index (χ0) is 16.9. The molecule has 9 nitrogen and oxygen atoms in total. The lowest BCUT2D eigenvalue weighted by molar-refractivity contribution is 0.399. The minimum Gasteiger partial charge on any atom is -0.336 e. The third-order valence-corrected chi connectivity index (χ3v) is 5.51. The van der Waals surface area contributed by atoms with Crippen molar-refractivity contribution in [1.29, 1.82) is 0 Å². The average Bonchev–Trinajstić information content (AvgIpc) is 3.10. The maximum atomic E-state index is 12.7. The second-order valence-electron chi connectivity index (χ2n) is 5.85. The highest BCUT2D eigenvalue weighted by Crippen LogP contribution is 2.26. The van der Waals surface area contributed by atoms with Gasteiger partial charge in [0.05, 0.1) is 23.3 Å². The van der Waals surface area contributed by atoms with Crippen LogP contribution in [0.4, 0.5) is 0 Å². The highest BCUT2D eigenvalue weighted by molar-refractivity contribution is 7.89. The van der Waals surface area contributed by atoms with Crippen LogP contribution >= 0.6 is 0 Å². The smallest absolute Gasteiger partial charge is 0.257 e. The molecule has 0 saturated heterocycles. The van der Waals surface area contributed by atoms with Gasteiger partial charge in [0.1, 0.15) is 16.5 Å². The summed E-state index contributed by atoms with van der Waals surface area (Å²) in [4.78, 5) is 8.46. The first-order valence-electron chi connectivity index (χ1n) is 7.60. The van der Waals surface area contributed by atoms with Crippen LogP contribution in [-0.4, -0.2) is 33.3 Å². The van der Waals surface area contributed by atoms with Gasteiger partial charge < -0.3 is 4.52 Å². The van der Waals surface area contributed by atoms with Gasteiger partial charge in [0, 0.05) is 6.54 Å². The van der Waals surface area contributed by atoms with Gasteiger partial charge in [-0.1, -0.05) is 5.16 Å². The van der Waals surface area contributed by atoms with Gasteiger partial charge in [0.15, 0.2) is 0 Å². The van der Waals surface area contributed by atoms with Gasteiger partial charge in [-0.15, -0.1) is 0 Å². The molecule has 1 N–H and O–H groups in total. The van der Waals surface area contributed by atoms with Crippen LogP contribution in [0.1, 0.15) is 36.2 Å². The zero-order valence-corrected chi connectivity index (χ0v) is 14.0. The second kappa shape index (κ2) is 5.35. The number of aromatic nitrogens is 5. The van der Waals surface area contributed by atoms with Gasteiger partial charge in [-0.05, 0) is 32.8 Å². The number of aryl methyl sites for hydroxylation is 3. The van der Waals surface area contributed by atoms with Crippen LogP contribution in [0.3, 0.4) is 0 Å². The fourth-order valence-corrected chi connectivity index (χ4v) is 4.11. The Morgan fingerprint density at radius 3 is 3.04 bits per heavy atom. The Balaban J connectivity index is 1.69. The lowest BCUT2D eigenvalue weighted by Crippen LogP contribution is -2.33. The molecule has 24 heavy (non-hydrogen) atoms. The largest absolute Gasteiger partial charge is 0.336 e. The minimum absolute atomic E-state index is 0.0784. The Bertz CT molecular complexity index is 1020. The molecule has 0 radical (unpaired) electrons. The van der Waals surface area contributed by atoms with Crippen LogP contribution in [0.15, 0.2) is 21.7 Å². The van der Waals surface area contributed by atoms with Crippen molar-refractivity contribution in [3.63, 3.8) is 0 Å². The first-order chi connectivity index (χ1) is 11.4. The molecule has 1 atom stereocenters. The summed E-state index contributed by atoms with van der Waals surface area (Å²) in [6, 6.07) is 1.12. The van der Waals surface area contributed by atoms with Crippen LogP contribution in [0.2, 0.25) is 0 Å². The van der Waals surface area contributed by atoms with Gasteiger partial charge in [-0.3, -0.25) is 0 Å². The summed E-state index contributed by atoms with van der Waals surface area (Å²) in [7, 11) is -3.74. The maximum Gasteiger partial charge on any atom is 0.257 e. The normalized spacial score (nSPS) is 18.0. The standard InChI is InChI=1S/C14H16N6O3S/c1-8-11-6-10(7-15-14(11)23-18-8)24(21,22)19-12-4-3-5-20-13(12)16-9(2)17-20/h6-7,12,19H,3-5H2,1-2H3/t12-/m1/s1. The summed E-state index contributed by atoms with van der Waals surface area (Å²) in [5, 5.41) is 8.66. The Morgan fingerprint density at radius 2 is 2.21 bits per heavy atom. The van der Waals surface area contributed by atoms with Crippen LogP contribution in [0.25, 0.3) is 11.1 Å². The summed E-state index contributed by atoms with van der Waals surface area (Å²) >= 11 is 0. The molecule has 4 heterocycles. The Kier molecular flexibility index (Phi) is 3.39. The number of hydrogen-bond acceptors (Lipinski definition) is 7. The van der Waals surface area contributed by atoms with E-state index in [1.54, 1.807) is 18.5 Å². The Hall–Kier alpha value is -2.33. The number of nitrogens with one attached hydrogen (secondary N) is 1. The van der Waals surface area contributed by atoms with Gasteiger partial charge in [-0.25, -0.2) is 27.8 Å². The van der Waals surface area contributed by atoms with E-state index in [0.717, 1.165) is 13.0 Å². The molecule has 0 fully saturated rings. The predicted molar refractivity (Wildman–Crippen MR) is 83.6 cm³/mol. The van der Waals surface area contributed by atoms with Crippen molar-refractivity contribution in [2.75, 3.05) is 0 Å². The lowest BCUT2D eigenvalue weighted by Gasteiger charge is -2.22. The van der Waals surface area contributed by atoms with E-state index in [-0.39, 0.29) is 4.90 Å². The summed E-state index contributed by atoms with van der Waals surface area (Å²) in [5.41, 5.74) is 0.919. The monoisotopic (exact) mass is 348 g/mol.